The van der Waals surface area contributed by atoms with Crippen molar-refractivity contribution >= 4 is 17.6 Å². The van der Waals surface area contributed by atoms with Gasteiger partial charge in [-0.3, -0.25) is 9.59 Å². The molecule has 2 aromatic rings. The molecule has 1 saturated carbocycles. The highest BCUT2D eigenvalue weighted by Gasteiger charge is 2.56. The Labute approximate surface area is 172 Å². The third-order valence-corrected chi connectivity index (χ3v) is 6.67. The van der Waals surface area contributed by atoms with Crippen LogP contribution in [0.5, 0.6) is 0 Å². The molecule has 1 N–H and O–H groups in total. The van der Waals surface area contributed by atoms with Gasteiger partial charge in [0.05, 0.1) is 11.5 Å². The van der Waals surface area contributed by atoms with E-state index in [-0.39, 0.29) is 17.9 Å². The average Bonchev–Trinajstić information content (AvgIpc) is 3.17. The topological polar surface area (TPSA) is 62.3 Å². The van der Waals surface area contributed by atoms with E-state index in [1.807, 2.05) is 48.2 Å². The Morgan fingerprint density at radius 2 is 2.00 bits per heavy atom. The van der Waals surface area contributed by atoms with Gasteiger partial charge in [0, 0.05) is 17.8 Å². The lowest BCUT2D eigenvalue weighted by atomic mass is 9.70. The lowest BCUT2D eigenvalue weighted by molar-refractivity contribution is -0.121. The van der Waals surface area contributed by atoms with Gasteiger partial charge in [-0.05, 0) is 62.4 Å². The summed E-state index contributed by atoms with van der Waals surface area (Å²) >= 11 is 0. The molecular weight excluding hydrogens is 362 g/mol. The van der Waals surface area contributed by atoms with Crippen LogP contribution in [0.3, 0.4) is 0 Å². The summed E-state index contributed by atoms with van der Waals surface area (Å²) in [6, 6.07) is 11.5. The Morgan fingerprint density at radius 1 is 1.28 bits per heavy atom. The van der Waals surface area contributed by atoms with Gasteiger partial charge in [0.15, 0.2) is 0 Å². The van der Waals surface area contributed by atoms with Crippen LogP contribution in [0.1, 0.15) is 73.4 Å². The molecule has 0 radical (unpaired) electrons. The zero-order valence-electron chi connectivity index (χ0n) is 17.4. The highest BCUT2D eigenvalue weighted by Crippen LogP contribution is 2.51. The number of hydrogen-bond donors (Lipinski definition) is 1. The van der Waals surface area contributed by atoms with Crippen LogP contribution in [-0.4, -0.2) is 33.3 Å². The molecule has 2 amide bonds. The first-order valence-corrected chi connectivity index (χ1v) is 10.6. The minimum Gasteiger partial charge on any atom is -0.329 e. The second-order valence-corrected chi connectivity index (χ2v) is 8.47. The van der Waals surface area contributed by atoms with E-state index in [1.54, 1.807) is 6.20 Å². The molecule has 0 saturated heterocycles. The molecule has 0 bridgehead atoms. The smallest absolute Gasteiger partial charge is 0.254 e. The van der Waals surface area contributed by atoms with Crippen LogP contribution in [-0.2, 0) is 4.79 Å². The van der Waals surface area contributed by atoms with Crippen LogP contribution >= 0.6 is 0 Å². The van der Waals surface area contributed by atoms with Crippen LogP contribution < -0.4 is 5.32 Å². The number of carbonyl (C=O) groups excluding carboxylic acids is 2. The van der Waals surface area contributed by atoms with Gasteiger partial charge >= 0.3 is 0 Å². The minimum absolute atomic E-state index is 0.0644. The van der Waals surface area contributed by atoms with Crippen molar-refractivity contribution in [3.05, 3.63) is 59.3 Å². The third-order valence-electron chi connectivity index (χ3n) is 6.67. The maximum atomic E-state index is 13.7. The molecule has 152 valence electrons. The van der Waals surface area contributed by atoms with Crippen LogP contribution in [0.4, 0.5) is 5.82 Å². The van der Waals surface area contributed by atoms with E-state index in [9.17, 15) is 9.59 Å². The summed E-state index contributed by atoms with van der Waals surface area (Å²) in [7, 11) is 0. The molecular formula is C24H29N3O2. The van der Waals surface area contributed by atoms with Crippen molar-refractivity contribution < 1.29 is 9.59 Å². The van der Waals surface area contributed by atoms with Gasteiger partial charge in [-0.1, -0.05) is 38.0 Å². The Kier molecular flexibility index (Phi) is 5.15. The second kappa shape index (κ2) is 7.62. The van der Waals surface area contributed by atoms with Gasteiger partial charge < -0.3 is 10.2 Å². The van der Waals surface area contributed by atoms with E-state index in [2.05, 4.69) is 24.1 Å². The summed E-state index contributed by atoms with van der Waals surface area (Å²) in [6.45, 7) is 6.19. The fraction of sp³-hybridized carbons (Fsp3) is 0.458. The van der Waals surface area contributed by atoms with Crippen molar-refractivity contribution in [1.82, 2.24) is 9.88 Å². The van der Waals surface area contributed by atoms with Crippen molar-refractivity contribution in [2.75, 3.05) is 5.32 Å². The average molecular weight is 392 g/mol. The number of benzene rings is 1. The number of hydrogen-bond acceptors (Lipinski definition) is 3. The van der Waals surface area contributed by atoms with Crippen molar-refractivity contribution in [3.63, 3.8) is 0 Å². The van der Waals surface area contributed by atoms with Crippen LogP contribution in [0.2, 0.25) is 0 Å². The fourth-order valence-corrected chi connectivity index (χ4v) is 5.23. The summed E-state index contributed by atoms with van der Waals surface area (Å²) in [5, 5.41) is 3.05. The van der Waals surface area contributed by atoms with Gasteiger partial charge in [0.1, 0.15) is 5.82 Å². The monoisotopic (exact) mass is 391 g/mol. The lowest BCUT2D eigenvalue weighted by Crippen LogP contribution is -2.62. The molecule has 1 spiro atoms. The van der Waals surface area contributed by atoms with Gasteiger partial charge in [-0.15, -0.1) is 0 Å². The summed E-state index contributed by atoms with van der Waals surface area (Å²) in [5.74, 6) is 0.163. The molecule has 1 aromatic carbocycles. The summed E-state index contributed by atoms with van der Waals surface area (Å²) in [4.78, 5) is 33.6. The molecule has 1 aliphatic heterocycles. The Hall–Kier alpha value is -2.69. The number of anilines is 1. The molecule has 29 heavy (non-hydrogen) atoms. The summed E-state index contributed by atoms with van der Waals surface area (Å²) < 4.78 is 0. The molecule has 5 nitrogen and oxygen atoms in total. The van der Waals surface area contributed by atoms with E-state index in [0.29, 0.717) is 11.4 Å². The molecule has 5 heteroatoms. The van der Waals surface area contributed by atoms with E-state index in [1.165, 1.54) is 0 Å². The number of amides is 2. The maximum Gasteiger partial charge on any atom is 0.254 e. The van der Waals surface area contributed by atoms with Gasteiger partial charge in [-0.25, -0.2) is 4.98 Å². The van der Waals surface area contributed by atoms with Gasteiger partial charge in [-0.2, -0.15) is 0 Å². The molecule has 4 rings (SSSR count). The molecule has 1 aromatic heterocycles. The Morgan fingerprint density at radius 3 is 2.69 bits per heavy atom. The van der Waals surface area contributed by atoms with Crippen molar-refractivity contribution in [3.8, 4) is 0 Å². The molecule has 2 heterocycles. The first-order valence-electron chi connectivity index (χ1n) is 10.6. The second-order valence-electron chi connectivity index (χ2n) is 8.47. The first-order chi connectivity index (χ1) is 14.0. The minimum atomic E-state index is -0.464. The predicted octanol–water partition coefficient (Wildman–Crippen LogP) is 4.68. The van der Waals surface area contributed by atoms with E-state index in [0.717, 1.165) is 43.2 Å². The van der Waals surface area contributed by atoms with E-state index >= 15 is 0 Å². The summed E-state index contributed by atoms with van der Waals surface area (Å²) in [6.07, 6.45) is 6.36. The molecule has 0 unspecified atom stereocenters. The normalized spacial score (nSPS) is 21.1. The number of fused-ring (bicyclic) bond motifs is 1. The third kappa shape index (κ3) is 3.22. The van der Waals surface area contributed by atoms with Crippen LogP contribution in [0, 0.1) is 6.92 Å². The SMILES string of the molecule is CC[C@@H](C)N1C(=O)c2ccccc2[C@H](C(=O)Nc2cc(C)ccn2)C12CCCC2. The number of carbonyl (C=O) groups is 2. The number of rotatable bonds is 4. The zero-order valence-corrected chi connectivity index (χ0v) is 17.4. The number of aryl methyl sites for hydroxylation is 1. The number of nitrogens with one attached hydrogen (secondary N) is 1. The zero-order chi connectivity index (χ0) is 20.6. The summed E-state index contributed by atoms with van der Waals surface area (Å²) in [5.41, 5.74) is 2.09. The van der Waals surface area contributed by atoms with Gasteiger partial charge in [0.2, 0.25) is 5.91 Å². The molecule has 1 aliphatic carbocycles. The largest absolute Gasteiger partial charge is 0.329 e. The Balaban J connectivity index is 1.83. The number of pyridine rings is 1. The van der Waals surface area contributed by atoms with Gasteiger partial charge in [0.25, 0.3) is 5.91 Å². The fourth-order valence-electron chi connectivity index (χ4n) is 5.23. The molecule has 2 aliphatic rings. The van der Waals surface area contributed by atoms with Crippen molar-refractivity contribution in [2.45, 2.75) is 70.4 Å². The molecule has 1 fully saturated rings. The number of aromatic nitrogens is 1. The quantitative estimate of drug-likeness (QED) is 0.823. The predicted molar refractivity (Wildman–Crippen MR) is 114 cm³/mol. The van der Waals surface area contributed by atoms with E-state index in [4.69, 9.17) is 0 Å². The maximum absolute atomic E-state index is 13.7. The van der Waals surface area contributed by atoms with Crippen LogP contribution in [0.25, 0.3) is 0 Å². The van der Waals surface area contributed by atoms with Crippen LogP contribution in [0.15, 0.2) is 42.6 Å². The van der Waals surface area contributed by atoms with Crippen molar-refractivity contribution in [2.24, 2.45) is 0 Å². The Bertz CT molecular complexity index is 933. The highest BCUT2D eigenvalue weighted by molar-refractivity contribution is 6.05. The number of nitrogens with zero attached hydrogens (tertiary/aromatic N) is 2. The lowest BCUT2D eigenvalue weighted by Gasteiger charge is -2.52. The standard InChI is InChI=1S/C24H29N3O2/c1-4-17(3)27-23(29)19-10-6-5-9-18(19)21(24(27)12-7-8-13-24)22(28)26-20-15-16(2)11-14-25-20/h5-6,9-11,14-15,17,21H,4,7-8,12-13H2,1-3H3,(H,25,26,28)/t17-,21-/m1/s1. The molecule has 2 atom stereocenters. The first kappa shape index (κ1) is 19.6. The highest BCUT2D eigenvalue weighted by atomic mass is 16.2. The van der Waals surface area contributed by atoms with E-state index < -0.39 is 11.5 Å². The van der Waals surface area contributed by atoms with Crippen molar-refractivity contribution in [1.29, 1.82) is 0 Å².